The highest BCUT2D eigenvalue weighted by atomic mass is 35.5. The third-order valence-corrected chi connectivity index (χ3v) is 4.01. The van der Waals surface area contributed by atoms with Gasteiger partial charge >= 0.3 is 0 Å². The Hall–Kier alpha value is -1.68. The first kappa shape index (κ1) is 13.3. The maximum atomic E-state index is 11.8. The number of carbonyl (C=O) groups is 1. The highest BCUT2D eigenvalue weighted by molar-refractivity contribution is 6.33. The molecule has 1 aromatic carbocycles. The van der Waals surface area contributed by atoms with Gasteiger partial charge in [0.25, 0.3) is 0 Å². The molecule has 1 unspecified atom stereocenters. The van der Waals surface area contributed by atoms with E-state index in [-0.39, 0.29) is 5.92 Å². The van der Waals surface area contributed by atoms with Gasteiger partial charge in [-0.3, -0.25) is 4.79 Å². The topological polar surface area (TPSA) is 56.0 Å². The number of aromatic nitrogens is 2. The minimum atomic E-state index is 0.0308. The zero-order valence-corrected chi connectivity index (χ0v) is 11.8. The molecule has 3 rings (SSSR count). The number of benzene rings is 1. The highest BCUT2D eigenvalue weighted by Crippen LogP contribution is 2.27. The fraction of sp³-hybridized carbons (Fsp3) is 0.400. The van der Waals surface area contributed by atoms with Crippen LogP contribution in [0.15, 0.2) is 28.8 Å². The molecular formula is C15H15ClN2O2. The van der Waals surface area contributed by atoms with Crippen molar-refractivity contribution in [2.75, 3.05) is 0 Å². The lowest BCUT2D eigenvalue weighted by Crippen LogP contribution is -2.21. The van der Waals surface area contributed by atoms with Gasteiger partial charge in [-0.2, -0.15) is 4.98 Å². The lowest BCUT2D eigenvalue weighted by atomic mass is 9.86. The normalized spacial score (nSPS) is 19.2. The Morgan fingerprint density at radius 2 is 2.15 bits per heavy atom. The Labute approximate surface area is 122 Å². The van der Waals surface area contributed by atoms with Crippen molar-refractivity contribution < 1.29 is 9.32 Å². The van der Waals surface area contributed by atoms with Gasteiger partial charge in [0.2, 0.25) is 11.7 Å². The van der Waals surface area contributed by atoms with Crippen LogP contribution in [0.5, 0.6) is 0 Å². The third-order valence-electron chi connectivity index (χ3n) is 3.68. The van der Waals surface area contributed by atoms with Crippen LogP contribution >= 0.6 is 11.6 Å². The molecule has 20 heavy (non-hydrogen) atoms. The van der Waals surface area contributed by atoms with Crippen LogP contribution in [0, 0.1) is 5.92 Å². The van der Waals surface area contributed by atoms with E-state index in [2.05, 4.69) is 10.1 Å². The van der Waals surface area contributed by atoms with Gasteiger partial charge in [0.15, 0.2) is 0 Å². The number of rotatable bonds is 3. The van der Waals surface area contributed by atoms with Crippen LogP contribution in [0.2, 0.25) is 5.02 Å². The molecule has 2 aromatic rings. The average Bonchev–Trinajstić information content (AvgIpc) is 2.90. The van der Waals surface area contributed by atoms with Crippen molar-refractivity contribution in [2.45, 2.75) is 32.1 Å². The molecule has 4 nitrogen and oxygen atoms in total. The van der Waals surface area contributed by atoms with Gasteiger partial charge in [-0.1, -0.05) is 35.3 Å². The fourth-order valence-corrected chi connectivity index (χ4v) is 2.79. The molecule has 5 heteroatoms. The molecule has 1 aromatic heterocycles. The van der Waals surface area contributed by atoms with Crippen molar-refractivity contribution in [2.24, 2.45) is 5.92 Å². The molecule has 1 saturated carbocycles. The van der Waals surface area contributed by atoms with Gasteiger partial charge in [0, 0.05) is 24.3 Å². The predicted molar refractivity (Wildman–Crippen MR) is 75.4 cm³/mol. The van der Waals surface area contributed by atoms with E-state index in [1.165, 1.54) is 0 Å². The summed E-state index contributed by atoms with van der Waals surface area (Å²) in [7, 11) is 0. The van der Waals surface area contributed by atoms with Gasteiger partial charge in [-0.05, 0) is 25.0 Å². The molecule has 0 spiro atoms. The maximum absolute atomic E-state index is 11.8. The lowest BCUT2D eigenvalue weighted by molar-refractivity contribution is -0.124. The van der Waals surface area contributed by atoms with Crippen molar-refractivity contribution in [3.63, 3.8) is 0 Å². The van der Waals surface area contributed by atoms with Crippen LogP contribution in [0.3, 0.4) is 0 Å². The van der Waals surface area contributed by atoms with Crippen LogP contribution in [-0.4, -0.2) is 15.9 Å². The second kappa shape index (κ2) is 5.75. The molecule has 0 radical (unpaired) electrons. The summed E-state index contributed by atoms with van der Waals surface area (Å²) in [6.45, 7) is 0. The summed E-state index contributed by atoms with van der Waals surface area (Å²) in [6, 6.07) is 7.37. The van der Waals surface area contributed by atoms with Crippen LogP contribution in [-0.2, 0) is 11.2 Å². The van der Waals surface area contributed by atoms with E-state index in [1.807, 2.05) is 18.2 Å². The number of ketones is 1. The second-order valence-corrected chi connectivity index (χ2v) is 5.51. The Kier molecular flexibility index (Phi) is 3.83. The quantitative estimate of drug-likeness (QED) is 0.865. The monoisotopic (exact) mass is 290 g/mol. The minimum Gasteiger partial charge on any atom is -0.339 e. The molecule has 0 N–H and O–H groups in total. The van der Waals surface area contributed by atoms with Gasteiger partial charge < -0.3 is 4.52 Å². The Balaban J connectivity index is 1.77. The maximum Gasteiger partial charge on any atom is 0.227 e. The average molecular weight is 291 g/mol. The first-order valence-electron chi connectivity index (χ1n) is 6.84. The van der Waals surface area contributed by atoms with E-state index >= 15 is 0 Å². The molecule has 0 amide bonds. The molecule has 1 aliphatic carbocycles. The largest absolute Gasteiger partial charge is 0.339 e. The SMILES string of the molecule is O=C1CCCCC1Cc1nc(-c2ccccc2Cl)no1. The summed E-state index contributed by atoms with van der Waals surface area (Å²) < 4.78 is 5.25. The third kappa shape index (κ3) is 2.75. The van der Waals surface area contributed by atoms with Crippen molar-refractivity contribution in [1.82, 2.24) is 10.1 Å². The molecule has 0 aliphatic heterocycles. The smallest absolute Gasteiger partial charge is 0.227 e. The molecule has 0 saturated heterocycles. The summed E-state index contributed by atoms with van der Waals surface area (Å²) in [5, 5.41) is 4.55. The summed E-state index contributed by atoms with van der Waals surface area (Å²) in [4.78, 5) is 16.2. The van der Waals surface area contributed by atoms with Crippen LogP contribution in [0.4, 0.5) is 0 Å². The molecule has 1 heterocycles. The van der Waals surface area contributed by atoms with Crippen molar-refractivity contribution in [3.05, 3.63) is 35.2 Å². The van der Waals surface area contributed by atoms with E-state index < -0.39 is 0 Å². The van der Waals surface area contributed by atoms with E-state index in [4.69, 9.17) is 16.1 Å². The molecule has 1 aliphatic rings. The van der Waals surface area contributed by atoms with Gasteiger partial charge in [0.05, 0.1) is 5.02 Å². The Morgan fingerprint density at radius 3 is 2.95 bits per heavy atom. The number of Topliss-reactive ketones (excluding diaryl/α,β-unsaturated/α-hetero) is 1. The number of nitrogens with zero attached hydrogens (tertiary/aromatic N) is 2. The summed E-state index contributed by atoms with van der Waals surface area (Å²) >= 11 is 6.11. The van der Waals surface area contributed by atoms with Gasteiger partial charge in [-0.15, -0.1) is 0 Å². The van der Waals surface area contributed by atoms with Crippen LogP contribution in [0.25, 0.3) is 11.4 Å². The fourth-order valence-electron chi connectivity index (χ4n) is 2.57. The Bertz CT molecular complexity index is 624. The number of hydrogen-bond donors (Lipinski definition) is 0. The highest BCUT2D eigenvalue weighted by Gasteiger charge is 2.25. The molecule has 1 atom stereocenters. The van der Waals surface area contributed by atoms with E-state index in [0.29, 0.717) is 35.4 Å². The second-order valence-electron chi connectivity index (χ2n) is 5.10. The van der Waals surface area contributed by atoms with Crippen molar-refractivity contribution >= 4 is 17.4 Å². The zero-order valence-electron chi connectivity index (χ0n) is 11.0. The van der Waals surface area contributed by atoms with Crippen LogP contribution < -0.4 is 0 Å². The summed E-state index contributed by atoms with van der Waals surface area (Å²) in [6.07, 6.45) is 4.24. The number of carbonyl (C=O) groups excluding carboxylic acids is 1. The summed E-state index contributed by atoms with van der Waals surface area (Å²) in [5.74, 6) is 1.34. The zero-order chi connectivity index (χ0) is 13.9. The molecule has 1 fully saturated rings. The Morgan fingerprint density at radius 1 is 1.30 bits per heavy atom. The van der Waals surface area contributed by atoms with E-state index in [0.717, 1.165) is 24.8 Å². The lowest BCUT2D eigenvalue weighted by Gasteiger charge is -2.18. The standard InChI is InChI=1S/C15H15ClN2O2/c16-12-7-3-2-6-11(12)15-17-14(20-18-15)9-10-5-1-4-8-13(10)19/h2-3,6-7,10H,1,4-5,8-9H2. The van der Waals surface area contributed by atoms with Crippen molar-refractivity contribution in [3.8, 4) is 11.4 Å². The van der Waals surface area contributed by atoms with Gasteiger partial charge in [0.1, 0.15) is 5.78 Å². The predicted octanol–water partition coefficient (Wildman–Crippen LogP) is 3.69. The number of halogens is 1. The van der Waals surface area contributed by atoms with E-state index in [9.17, 15) is 4.79 Å². The first-order chi connectivity index (χ1) is 9.74. The minimum absolute atomic E-state index is 0.0308. The van der Waals surface area contributed by atoms with Crippen LogP contribution in [0.1, 0.15) is 31.6 Å². The van der Waals surface area contributed by atoms with Crippen molar-refractivity contribution in [1.29, 1.82) is 0 Å². The molecule has 104 valence electrons. The van der Waals surface area contributed by atoms with Gasteiger partial charge in [-0.25, -0.2) is 0 Å². The summed E-state index contributed by atoms with van der Waals surface area (Å²) in [5.41, 5.74) is 0.749. The number of hydrogen-bond acceptors (Lipinski definition) is 4. The molecule has 0 bridgehead atoms. The molecular weight excluding hydrogens is 276 g/mol. The first-order valence-corrected chi connectivity index (χ1v) is 7.22. The van der Waals surface area contributed by atoms with E-state index in [1.54, 1.807) is 6.07 Å².